The molecule has 4 nitrogen and oxygen atoms in total. The van der Waals surface area contributed by atoms with Crippen molar-refractivity contribution in [3.05, 3.63) is 53.2 Å². The average molecular weight is 346 g/mol. The molecular weight excluding hydrogens is 322 g/mol. The average Bonchev–Trinajstić information content (AvgIpc) is 2.58. The van der Waals surface area contributed by atoms with Gasteiger partial charge in [0.05, 0.1) is 11.1 Å². The van der Waals surface area contributed by atoms with Gasteiger partial charge in [0.25, 0.3) is 0 Å². The van der Waals surface area contributed by atoms with Crippen LogP contribution in [0, 0.1) is 0 Å². The van der Waals surface area contributed by atoms with Crippen LogP contribution < -0.4 is 9.64 Å². The van der Waals surface area contributed by atoms with Crippen molar-refractivity contribution >= 4 is 17.4 Å². The maximum absolute atomic E-state index is 5.93. The number of hydrogen-bond donors (Lipinski definition) is 0. The van der Waals surface area contributed by atoms with Gasteiger partial charge in [0.15, 0.2) is 0 Å². The number of hydrogen-bond acceptors (Lipinski definition) is 4. The lowest BCUT2D eigenvalue weighted by Gasteiger charge is -2.35. The van der Waals surface area contributed by atoms with E-state index in [9.17, 15) is 0 Å². The second-order valence-electron chi connectivity index (χ2n) is 6.37. The molecular formula is C19H24ClN3O. The highest BCUT2D eigenvalue weighted by Crippen LogP contribution is 2.22. The molecule has 1 saturated heterocycles. The minimum Gasteiger partial charge on any atom is -0.491 e. The summed E-state index contributed by atoms with van der Waals surface area (Å²) in [7, 11) is 0. The molecule has 0 amide bonds. The fourth-order valence-corrected chi connectivity index (χ4v) is 3.05. The summed E-state index contributed by atoms with van der Waals surface area (Å²) in [5.74, 6) is 2.00. The Labute approximate surface area is 149 Å². The number of halogens is 1. The number of nitrogens with zero attached hydrogens (tertiary/aromatic N) is 3. The Morgan fingerprint density at radius 2 is 1.83 bits per heavy atom. The second-order valence-corrected chi connectivity index (χ2v) is 6.81. The first-order chi connectivity index (χ1) is 11.6. The summed E-state index contributed by atoms with van der Waals surface area (Å²) in [6, 6.07) is 12.2. The first-order valence-electron chi connectivity index (χ1n) is 8.45. The topological polar surface area (TPSA) is 28.6 Å². The van der Waals surface area contributed by atoms with E-state index < -0.39 is 0 Å². The lowest BCUT2D eigenvalue weighted by molar-refractivity contribution is 0.221. The normalized spacial score (nSPS) is 15.8. The zero-order chi connectivity index (χ0) is 16.9. The largest absolute Gasteiger partial charge is 0.491 e. The molecule has 0 atom stereocenters. The van der Waals surface area contributed by atoms with Gasteiger partial charge >= 0.3 is 0 Å². The molecule has 0 spiro atoms. The highest BCUT2D eigenvalue weighted by molar-refractivity contribution is 6.30. The first-order valence-corrected chi connectivity index (χ1v) is 8.83. The molecule has 1 aliphatic heterocycles. The van der Waals surface area contributed by atoms with Crippen LogP contribution in [0.1, 0.15) is 19.4 Å². The van der Waals surface area contributed by atoms with Crippen molar-refractivity contribution in [2.45, 2.75) is 26.5 Å². The molecule has 2 heterocycles. The smallest absolute Gasteiger partial charge is 0.128 e. The van der Waals surface area contributed by atoms with E-state index in [1.807, 2.05) is 18.2 Å². The van der Waals surface area contributed by atoms with E-state index >= 15 is 0 Å². The van der Waals surface area contributed by atoms with Gasteiger partial charge in [0.2, 0.25) is 0 Å². The van der Waals surface area contributed by atoms with E-state index in [0.29, 0.717) is 5.02 Å². The zero-order valence-electron chi connectivity index (χ0n) is 14.3. The van der Waals surface area contributed by atoms with Crippen molar-refractivity contribution in [3.8, 4) is 5.75 Å². The van der Waals surface area contributed by atoms with Gasteiger partial charge in [0, 0.05) is 44.5 Å². The Morgan fingerprint density at radius 1 is 1.08 bits per heavy atom. The number of para-hydroxylation sites is 1. The maximum atomic E-state index is 5.93. The standard InChI is InChI=1S/C19H24ClN3O/c1-15(2)24-18-6-4-3-5-16(18)14-22-9-11-23(12-10-22)19-8-7-17(20)13-21-19/h3-8,13,15H,9-12,14H2,1-2H3. The molecule has 5 heteroatoms. The van der Waals surface area contributed by atoms with Crippen LogP contribution in [0.15, 0.2) is 42.6 Å². The van der Waals surface area contributed by atoms with Crippen molar-refractivity contribution in [1.29, 1.82) is 0 Å². The zero-order valence-corrected chi connectivity index (χ0v) is 15.0. The molecule has 1 aromatic carbocycles. The molecule has 1 fully saturated rings. The van der Waals surface area contributed by atoms with Gasteiger partial charge in [-0.25, -0.2) is 4.98 Å². The van der Waals surface area contributed by atoms with Crippen LogP contribution in [0.4, 0.5) is 5.82 Å². The van der Waals surface area contributed by atoms with E-state index in [0.717, 1.165) is 44.3 Å². The van der Waals surface area contributed by atoms with Crippen molar-refractivity contribution in [2.75, 3.05) is 31.1 Å². The third-order valence-electron chi connectivity index (χ3n) is 4.14. The number of pyridine rings is 1. The van der Waals surface area contributed by atoms with Crippen LogP contribution in [-0.2, 0) is 6.54 Å². The van der Waals surface area contributed by atoms with Crippen LogP contribution in [0.5, 0.6) is 5.75 Å². The molecule has 1 aliphatic rings. The van der Waals surface area contributed by atoms with Crippen molar-refractivity contribution in [1.82, 2.24) is 9.88 Å². The van der Waals surface area contributed by atoms with Gasteiger partial charge in [-0.05, 0) is 32.0 Å². The summed E-state index contributed by atoms with van der Waals surface area (Å²) < 4.78 is 5.93. The monoisotopic (exact) mass is 345 g/mol. The quantitative estimate of drug-likeness (QED) is 0.823. The first kappa shape index (κ1) is 17.1. The maximum Gasteiger partial charge on any atom is 0.128 e. The summed E-state index contributed by atoms with van der Waals surface area (Å²) in [5, 5.41) is 0.680. The van der Waals surface area contributed by atoms with Gasteiger partial charge in [-0.1, -0.05) is 29.8 Å². The van der Waals surface area contributed by atoms with E-state index in [4.69, 9.17) is 16.3 Å². The third-order valence-corrected chi connectivity index (χ3v) is 4.36. The molecule has 0 N–H and O–H groups in total. The van der Waals surface area contributed by atoms with Gasteiger partial charge < -0.3 is 9.64 Å². The summed E-state index contributed by atoms with van der Waals surface area (Å²) in [5.41, 5.74) is 1.25. The van der Waals surface area contributed by atoms with Crippen molar-refractivity contribution < 1.29 is 4.74 Å². The number of anilines is 1. The Hall–Kier alpha value is -1.78. The lowest BCUT2D eigenvalue weighted by atomic mass is 10.1. The number of benzene rings is 1. The minimum atomic E-state index is 0.193. The Kier molecular flexibility index (Phi) is 5.59. The highest BCUT2D eigenvalue weighted by atomic mass is 35.5. The minimum absolute atomic E-state index is 0.193. The molecule has 3 rings (SSSR count). The van der Waals surface area contributed by atoms with Gasteiger partial charge in [-0.15, -0.1) is 0 Å². The molecule has 0 radical (unpaired) electrons. The predicted octanol–water partition coefficient (Wildman–Crippen LogP) is 3.84. The van der Waals surface area contributed by atoms with Gasteiger partial charge in [-0.2, -0.15) is 0 Å². The highest BCUT2D eigenvalue weighted by Gasteiger charge is 2.19. The Bertz CT molecular complexity index is 652. The third kappa shape index (κ3) is 4.40. The molecule has 0 aliphatic carbocycles. The fraction of sp³-hybridized carbons (Fsp3) is 0.421. The van der Waals surface area contributed by atoms with Crippen molar-refractivity contribution in [2.24, 2.45) is 0 Å². The summed E-state index contributed by atoms with van der Waals surface area (Å²) in [4.78, 5) is 9.19. The van der Waals surface area contributed by atoms with E-state index in [1.165, 1.54) is 5.56 Å². The van der Waals surface area contributed by atoms with Gasteiger partial charge in [0.1, 0.15) is 11.6 Å². The second kappa shape index (κ2) is 7.86. The summed E-state index contributed by atoms with van der Waals surface area (Å²) in [6.07, 6.45) is 1.90. The van der Waals surface area contributed by atoms with Crippen LogP contribution in [0.3, 0.4) is 0 Å². The van der Waals surface area contributed by atoms with Crippen LogP contribution in [-0.4, -0.2) is 42.2 Å². The summed E-state index contributed by atoms with van der Waals surface area (Å²) in [6.45, 7) is 9.03. The SMILES string of the molecule is CC(C)Oc1ccccc1CN1CCN(c2ccc(Cl)cn2)CC1. The van der Waals surface area contributed by atoms with E-state index in [2.05, 4.69) is 46.8 Å². The van der Waals surface area contributed by atoms with Crippen molar-refractivity contribution in [3.63, 3.8) is 0 Å². The lowest BCUT2D eigenvalue weighted by Crippen LogP contribution is -2.46. The molecule has 2 aromatic rings. The number of aromatic nitrogens is 1. The molecule has 0 saturated carbocycles. The van der Waals surface area contributed by atoms with E-state index in [-0.39, 0.29) is 6.10 Å². The fourth-order valence-electron chi connectivity index (χ4n) is 2.93. The van der Waals surface area contributed by atoms with Crippen LogP contribution in [0.2, 0.25) is 5.02 Å². The molecule has 0 bridgehead atoms. The molecule has 128 valence electrons. The molecule has 0 unspecified atom stereocenters. The molecule has 1 aromatic heterocycles. The number of rotatable bonds is 5. The Morgan fingerprint density at radius 3 is 2.50 bits per heavy atom. The van der Waals surface area contributed by atoms with Crippen LogP contribution >= 0.6 is 11.6 Å². The number of piperazine rings is 1. The van der Waals surface area contributed by atoms with Gasteiger partial charge in [-0.3, -0.25) is 4.90 Å². The number of ether oxygens (including phenoxy) is 1. The molecule has 24 heavy (non-hydrogen) atoms. The van der Waals surface area contributed by atoms with Crippen LogP contribution in [0.25, 0.3) is 0 Å². The predicted molar refractivity (Wildman–Crippen MR) is 98.9 cm³/mol. The van der Waals surface area contributed by atoms with E-state index in [1.54, 1.807) is 6.20 Å². The summed E-state index contributed by atoms with van der Waals surface area (Å²) >= 11 is 5.91. The Balaban J connectivity index is 1.59.